The fourth-order valence-corrected chi connectivity index (χ4v) is 1.49. The molecule has 0 saturated heterocycles. The van der Waals surface area contributed by atoms with E-state index >= 15 is 0 Å². The zero-order valence-corrected chi connectivity index (χ0v) is 8.88. The van der Waals surface area contributed by atoms with E-state index in [9.17, 15) is 9.59 Å². The van der Waals surface area contributed by atoms with Crippen molar-refractivity contribution in [3.63, 3.8) is 0 Å². The van der Waals surface area contributed by atoms with Crippen molar-refractivity contribution in [2.75, 3.05) is 17.6 Å². The Balaban J connectivity index is 3.17. The molecule has 0 N–H and O–H groups in total. The summed E-state index contributed by atoms with van der Waals surface area (Å²) in [4.78, 5) is 21.3. The van der Waals surface area contributed by atoms with E-state index in [1.54, 1.807) is 18.2 Å². The Hall–Kier alpha value is -1.29. The van der Waals surface area contributed by atoms with Gasteiger partial charge in [0.05, 0.1) is 5.69 Å². The first-order valence-electron chi connectivity index (χ1n) is 4.05. The molecule has 0 heterocycles. The highest BCUT2D eigenvalue weighted by Crippen LogP contribution is 2.23. The molecule has 1 aromatic rings. The molecule has 0 atom stereocenters. The second-order valence-electron chi connectivity index (χ2n) is 2.73. The van der Waals surface area contributed by atoms with E-state index in [1.807, 2.05) is 17.6 Å². The highest BCUT2D eigenvalue weighted by atomic mass is 32.2. The summed E-state index contributed by atoms with van der Waals surface area (Å²) in [5.41, 5.74) is 1.87. The SMILES string of the molecule is CSN(C)c1ccc(C=O)cc1C=O. The summed E-state index contributed by atoms with van der Waals surface area (Å²) in [5, 5.41) is 0. The molecule has 3 nitrogen and oxygen atoms in total. The number of carbonyl (C=O) groups is 2. The minimum absolute atomic E-state index is 0.519. The standard InChI is InChI=1S/C10H11NO2S/c1-11(14-2)10-4-3-8(6-12)5-9(10)7-13/h3-7H,1-2H3. The van der Waals surface area contributed by atoms with Crippen LogP contribution in [0.2, 0.25) is 0 Å². The monoisotopic (exact) mass is 209 g/mol. The molecule has 0 spiro atoms. The molecule has 4 heteroatoms. The van der Waals surface area contributed by atoms with Crippen molar-refractivity contribution in [1.29, 1.82) is 0 Å². The number of benzene rings is 1. The van der Waals surface area contributed by atoms with E-state index in [0.717, 1.165) is 18.3 Å². The second-order valence-corrected chi connectivity index (χ2v) is 3.65. The van der Waals surface area contributed by atoms with Crippen LogP contribution in [0.4, 0.5) is 5.69 Å². The predicted octanol–water partition coefficient (Wildman–Crippen LogP) is 2.03. The molecule has 0 amide bonds. The molecule has 0 aliphatic heterocycles. The van der Waals surface area contributed by atoms with Crippen molar-refractivity contribution in [3.05, 3.63) is 29.3 Å². The predicted molar refractivity (Wildman–Crippen MR) is 59.1 cm³/mol. The normalized spacial score (nSPS) is 9.57. The number of nitrogens with zero attached hydrogens (tertiary/aromatic N) is 1. The van der Waals surface area contributed by atoms with Crippen LogP contribution in [0.1, 0.15) is 20.7 Å². The van der Waals surface area contributed by atoms with Crippen LogP contribution in [0.15, 0.2) is 18.2 Å². The van der Waals surface area contributed by atoms with Gasteiger partial charge in [-0.3, -0.25) is 9.59 Å². The molecule has 1 rings (SSSR count). The maximum Gasteiger partial charge on any atom is 0.152 e. The second kappa shape index (κ2) is 4.81. The van der Waals surface area contributed by atoms with E-state index in [1.165, 1.54) is 11.9 Å². The third kappa shape index (κ3) is 2.14. The lowest BCUT2D eigenvalue weighted by Gasteiger charge is -2.17. The molecular formula is C10H11NO2S. The first kappa shape index (κ1) is 10.8. The number of anilines is 1. The third-order valence-electron chi connectivity index (χ3n) is 1.93. The van der Waals surface area contributed by atoms with E-state index in [2.05, 4.69) is 0 Å². The lowest BCUT2D eigenvalue weighted by atomic mass is 10.1. The van der Waals surface area contributed by atoms with Gasteiger partial charge in [0.15, 0.2) is 6.29 Å². The molecule has 0 aliphatic rings. The van der Waals surface area contributed by atoms with Gasteiger partial charge in [0, 0.05) is 24.4 Å². The Bertz CT molecular complexity index is 352. The molecule has 0 fully saturated rings. The van der Waals surface area contributed by atoms with Crippen molar-refractivity contribution in [3.8, 4) is 0 Å². The molecule has 0 saturated carbocycles. The van der Waals surface area contributed by atoms with Crippen molar-refractivity contribution in [2.45, 2.75) is 0 Å². The summed E-state index contributed by atoms with van der Waals surface area (Å²) in [7, 11) is 1.87. The van der Waals surface area contributed by atoms with Crippen LogP contribution >= 0.6 is 11.9 Å². The maximum atomic E-state index is 10.8. The summed E-state index contributed by atoms with van der Waals surface area (Å²) >= 11 is 1.51. The number of hydrogen-bond donors (Lipinski definition) is 0. The Labute approximate surface area is 87.2 Å². The molecule has 0 radical (unpaired) electrons. The fraction of sp³-hybridized carbons (Fsp3) is 0.200. The van der Waals surface area contributed by atoms with Crippen LogP contribution in [0.5, 0.6) is 0 Å². The molecule has 0 bridgehead atoms. The van der Waals surface area contributed by atoms with E-state index < -0.39 is 0 Å². The van der Waals surface area contributed by atoms with Crippen LogP contribution in [0.3, 0.4) is 0 Å². The highest BCUT2D eigenvalue weighted by molar-refractivity contribution is 7.99. The van der Waals surface area contributed by atoms with Crippen molar-refractivity contribution in [2.24, 2.45) is 0 Å². The Morgan fingerprint density at radius 2 is 2.00 bits per heavy atom. The third-order valence-corrected chi connectivity index (χ3v) is 2.67. The summed E-state index contributed by atoms with van der Waals surface area (Å²) in [6, 6.07) is 5.05. The van der Waals surface area contributed by atoms with Gasteiger partial charge in [-0.2, -0.15) is 0 Å². The zero-order chi connectivity index (χ0) is 10.6. The topological polar surface area (TPSA) is 37.4 Å². The minimum Gasteiger partial charge on any atom is -0.319 e. The average molecular weight is 209 g/mol. The zero-order valence-electron chi connectivity index (χ0n) is 8.06. The lowest BCUT2D eigenvalue weighted by Crippen LogP contribution is -2.08. The first-order chi connectivity index (χ1) is 6.72. The minimum atomic E-state index is 0.519. The van der Waals surface area contributed by atoms with Gasteiger partial charge in [-0.05, 0) is 18.2 Å². The van der Waals surface area contributed by atoms with Crippen LogP contribution in [0, 0.1) is 0 Å². The van der Waals surface area contributed by atoms with E-state index in [-0.39, 0.29) is 0 Å². The highest BCUT2D eigenvalue weighted by Gasteiger charge is 2.06. The van der Waals surface area contributed by atoms with E-state index in [4.69, 9.17) is 0 Å². The number of aldehydes is 2. The molecule has 0 unspecified atom stereocenters. The van der Waals surface area contributed by atoms with Gasteiger partial charge in [0.25, 0.3) is 0 Å². The summed E-state index contributed by atoms with van der Waals surface area (Å²) < 4.78 is 1.87. The summed E-state index contributed by atoms with van der Waals surface area (Å²) in [6.07, 6.45) is 3.41. The first-order valence-corrected chi connectivity index (χ1v) is 5.23. The number of rotatable bonds is 4. The molecule has 0 aliphatic carbocycles. The van der Waals surface area contributed by atoms with Crippen LogP contribution in [-0.2, 0) is 0 Å². The van der Waals surface area contributed by atoms with Gasteiger partial charge < -0.3 is 4.31 Å². The Morgan fingerprint density at radius 1 is 1.29 bits per heavy atom. The quantitative estimate of drug-likeness (QED) is 0.561. The van der Waals surface area contributed by atoms with E-state index in [0.29, 0.717) is 11.1 Å². The van der Waals surface area contributed by atoms with Crippen LogP contribution in [-0.4, -0.2) is 25.9 Å². The molecule has 0 aromatic heterocycles. The summed E-state index contributed by atoms with van der Waals surface area (Å²) in [6.45, 7) is 0. The lowest BCUT2D eigenvalue weighted by molar-refractivity contribution is 0.112. The van der Waals surface area contributed by atoms with Gasteiger partial charge in [0.2, 0.25) is 0 Å². The smallest absolute Gasteiger partial charge is 0.152 e. The molecule has 1 aromatic carbocycles. The van der Waals surface area contributed by atoms with Gasteiger partial charge in [-0.25, -0.2) is 0 Å². The summed E-state index contributed by atoms with van der Waals surface area (Å²) in [5.74, 6) is 0. The van der Waals surface area contributed by atoms with Crippen molar-refractivity contribution in [1.82, 2.24) is 0 Å². The fourth-order valence-electron chi connectivity index (χ4n) is 1.13. The molecule has 74 valence electrons. The number of carbonyl (C=O) groups excluding carboxylic acids is 2. The number of hydrogen-bond acceptors (Lipinski definition) is 4. The van der Waals surface area contributed by atoms with Crippen LogP contribution in [0.25, 0.3) is 0 Å². The van der Waals surface area contributed by atoms with Gasteiger partial charge >= 0.3 is 0 Å². The van der Waals surface area contributed by atoms with Gasteiger partial charge in [-0.15, -0.1) is 0 Å². The Morgan fingerprint density at radius 3 is 2.50 bits per heavy atom. The Kier molecular flexibility index (Phi) is 3.71. The van der Waals surface area contributed by atoms with Gasteiger partial charge in [0.1, 0.15) is 6.29 Å². The molecule has 14 heavy (non-hydrogen) atoms. The van der Waals surface area contributed by atoms with Crippen LogP contribution < -0.4 is 4.31 Å². The average Bonchev–Trinajstić information content (AvgIpc) is 2.27. The van der Waals surface area contributed by atoms with Crippen molar-refractivity contribution < 1.29 is 9.59 Å². The maximum absolute atomic E-state index is 10.8. The van der Waals surface area contributed by atoms with Crippen molar-refractivity contribution >= 4 is 30.2 Å². The molecular weight excluding hydrogens is 198 g/mol. The largest absolute Gasteiger partial charge is 0.319 e. The van der Waals surface area contributed by atoms with Gasteiger partial charge in [-0.1, -0.05) is 11.9 Å².